The van der Waals surface area contributed by atoms with Gasteiger partial charge in [0.05, 0.1) is 30.8 Å². The number of fused-ring (bicyclic) bond motifs is 2. The second-order valence-corrected chi connectivity index (χ2v) is 7.13. The number of benzene rings is 2. The molecular weight excluding hydrogens is 449 g/mol. The van der Waals surface area contributed by atoms with Gasteiger partial charge >= 0.3 is 18.5 Å². The average molecular weight is 464 g/mol. The lowest BCUT2D eigenvalue weighted by Crippen LogP contribution is -2.52. The maximum atomic E-state index is 12.4. The topological polar surface area (TPSA) is 129 Å². The number of anilines is 2. The number of nitrogens with zero attached hydrogens (tertiary/aromatic N) is 3. The molecule has 0 amide bonds. The molecule has 3 heterocycles. The van der Waals surface area contributed by atoms with Gasteiger partial charge in [-0.2, -0.15) is 14.6 Å². The van der Waals surface area contributed by atoms with Crippen molar-refractivity contribution in [2.24, 2.45) is 0 Å². The van der Waals surface area contributed by atoms with Crippen molar-refractivity contribution in [2.45, 2.75) is 18.5 Å². The summed E-state index contributed by atoms with van der Waals surface area (Å²) in [5, 5.41) is 13.5. The molecule has 4 aromatic rings. The standard InChI is InChI=1S/C19H15F3N4O4.CO2/c20-19(21,22)30-11-5-6-13-15(7-11)29-17(24-13)25-16-23-12-3-1-2-4-14(12)26(16)8-18(27)9-28-10-18;2-1-3/h1-7,27H,8-10H2,(H,23,24,25);. The number of para-hydroxylation sites is 2. The van der Waals surface area contributed by atoms with Gasteiger partial charge in [0.1, 0.15) is 16.9 Å². The van der Waals surface area contributed by atoms with E-state index in [2.05, 4.69) is 20.0 Å². The van der Waals surface area contributed by atoms with Crippen molar-refractivity contribution < 1.29 is 41.8 Å². The maximum Gasteiger partial charge on any atom is 0.573 e. The number of nitrogens with one attached hydrogen (secondary N) is 1. The van der Waals surface area contributed by atoms with E-state index in [-0.39, 0.29) is 37.5 Å². The highest BCUT2D eigenvalue weighted by Gasteiger charge is 2.37. The lowest BCUT2D eigenvalue weighted by molar-refractivity contribution is -0.274. The molecule has 13 heteroatoms. The van der Waals surface area contributed by atoms with Crippen LogP contribution in [-0.4, -0.2) is 51.0 Å². The zero-order valence-corrected chi connectivity index (χ0v) is 16.6. The molecule has 0 atom stereocenters. The first kappa shape index (κ1) is 22.3. The Labute approximate surface area is 182 Å². The molecule has 0 aliphatic carbocycles. The second kappa shape index (κ2) is 8.54. The number of ether oxygens (including phenoxy) is 2. The predicted octanol–water partition coefficient (Wildman–Crippen LogP) is 3.00. The number of imidazole rings is 1. The van der Waals surface area contributed by atoms with Crippen molar-refractivity contribution in [3.05, 3.63) is 42.5 Å². The minimum Gasteiger partial charge on any atom is -0.423 e. The van der Waals surface area contributed by atoms with E-state index in [9.17, 15) is 18.3 Å². The summed E-state index contributed by atoms with van der Waals surface area (Å²) in [6.07, 6.45) is -4.55. The average Bonchev–Trinajstić information content (AvgIpc) is 3.27. The van der Waals surface area contributed by atoms with E-state index in [0.29, 0.717) is 17.0 Å². The Kier molecular flexibility index (Phi) is 5.77. The first-order valence-electron chi connectivity index (χ1n) is 9.38. The van der Waals surface area contributed by atoms with Gasteiger partial charge in [0.2, 0.25) is 5.95 Å². The molecule has 172 valence electrons. The van der Waals surface area contributed by atoms with Gasteiger partial charge in [-0.05, 0) is 24.3 Å². The van der Waals surface area contributed by atoms with Crippen LogP contribution < -0.4 is 10.1 Å². The van der Waals surface area contributed by atoms with E-state index in [0.717, 1.165) is 17.6 Å². The largest absolute Gasteiger partial charge is 0.573 e. The monoisotopic (exact) mass is 464 g/mol. The summed E-state index contributed by atoms with van der Waals surface area (Å²) in [7, 11) is 0. The summed E-state index contributed by atoms with van der Waals surface area (Å²) in [5.41, 5.74) is 0.942. The van der Waals surface area contributed by atoms with Crippen LogP contribution in [0, 0.1) is 0 Å². The van der Waals surface area contributed by atoms with E-state index >= 15 is 0 Å². The van der Waals surface area contributed by atoms with E-state index in [1.165, 1.54) is 6.07 Å². The Morgan fingerprint density at radius 2 is 1.88 bits per heavy atom. The van der Waals surface area contributed by atoms with Crippen LogP contribution in [0.25, 0.3) is 22.1 Å². The summed E-state index contributed by atoms with van der Waals surface area (Å²) in [6.45, 7) is 0.660. The molecule has 0 spiro atoms. The van der Waals surface area contributed by atoms with Crippen molar-refractivity contribution >= 4 is 40.2 Å². The fourth-order valence-corrected chi connectivity index (χ4v) is 3.31. The fourth-order valence-electron chi connectivity index (χ4n) is 3.31. The lowest BCUT2D eigenvalue weighted by atomic mass is 10.0. The summed E-state index contributed by atoms with van der Waals surface area (Å²) < 4.78 is 53.6. The highest BCUT2D eigenvalue weighted by molar-refractivity contribution is 5.80. The molecule has 1 aliphatic rings. The second-order valence-electron chi connectivity index (χ2n) is 7.13. The molecule has 1 saturated heterocycles. The van der Waals surface area contributed by atoms with Crippen LogP contribution in [0.15, 0.2) is 46.9 Å². The third-order valence-electron chi connectivity index (χ3n) is 4.66. The number of oxazole rings is 1. The van der Waals surface area contributed by atoms with Crippen LogP contribution in [0.5, 0.6) is 5.75 Å². The number of alkyl halides is 3. The minimum absolute atomic E-state index is 0.0440. The number of hydrogen-bond acceptors (Lipinski definition) is 9. The highest BCUT2D eigenvalue weighted by atomic mass is 19.4. The Hall–Kier alpha value is -3.93. The van der Waals surface area contributed by atoms with Gasteiger partial charge in [-0.15, -0.1) is 13.2 Å². The molecule has 0 saturated carbocycles. The Bertz CT molecular complexity index is 1320. The molecule has 2 aromatic carbocycles. The minimum atomic E-state index is -4.80. The van der Waals surface area contributed by atoms with Crippen molar-refractivity contribution in [3.8, 4) is 5.75 Å². The van der Waals surface area contributed by atoms with Crippen LogP contribution in [0.1, 0.15) is 0 Å². The molecule has 1 aliphatic heterocycles. The van der Waals surface area contributed by atoms with Crippen LogP contribution >= 0.6 is 0 Å². The van der Waals surface area contributed by atoms with Crippen molar-refractivity contribution in [2.75, 3.05) is 18.5 Å². The molecule has 2 N–H and O–H groups in total. The quantitative estimate of drug-likeness (QED) is 0.458. The van der Waals surface area contributed by atoms with Crippen molar-refractivity contribution in [1.82, 2.24) is 14.5 Å². The smallest absolute Gasteiger partial charge is 0.423 e. The summed E-state index contributed by atoms with van der Waals surface area (Å²) >= 11 is 0. The summed E-state index contributed by atoms with van der Waals surface area (Å²) in [4.78, 5) is 25.0. The van der Waals surface area contributed by atoms with Crippen LogP contribution in [0.3, 0.4) is 0 Å². The molecule has 1 fully saturated rings. The third-order valence-corrected chi connectivity index (χ3v) is 4.66. The number of aliphatic hydroxyl groups is 1. The molecule has 0 radical (unpaired) electrons. The SMILES string of the molecule is O=C=O.OC1(Cn2c(Nc3nc4ccc(OC(F)(F)F)cc4o3)nc3ccccc32)COC1. The predicted molar refractivity (Wildman–Crippen MR) is 104 cm³/mol. The van der Waals surface area contributed by atoms with Gasteiger partial charge in [-0.1, -0.05) is 12.1 Å². The van der Waals surface area contributed by atoms with Gasteiger partial charge in [0, 0.05) is 6.07 Å². The number of carbonyl (C=O) groups excluding carboxylic acids is 2. The molecular formula is C20H15F3N4O6. The fraction of sp³-hybridized carbons (Fsp3) is 0.250. The van der Waals surface area contributed by atoms with E-state index in [4.69, 9.17) is 18.7 Å². The van der Waals surface area contributed by atoms with Gasteiger partial charge < -0.3 is 23.6 Å². The molecule has 2 aromatic heterocycles. The lowest BCUT2D eigenvalue weighted by Gasteiger charge is -2.36. The number of hydrogen-bond donors (Lipinski definition) is 2. The molecule has 5 rings (SSSR count). The molecule has 10 nitrogen and oxygen atoms in total. The number of aromatic nitrogens is 3. The van der Waals surface area contributed by atoms with Gasteiger partial charge in [0.15, 0.2) is 5.58 Å². The van der Waals surface area contributed by atoms with Crippen molar-refractivity contribution in [3.63, 3.8) is 0 Å². The van der Waals surface area contributed by atoms with Crippen LogP contribution in [0.2, 0.25) is 0 Å². The normalized spacial score (nSPS) is 14.8. The summed E-state index contributed by atoms with van der Waals surface area (Å²) in [6, 6.07) is 11.1. The maximum absolute atomic E-state index is 12.4. The van der Waals surface area contributed by atoms with Crippen LogP contribution in [-0.2, 0) is 20.9 Å². The first-order valence-corrected chi connectivity index (χ1v) is 9.38. The molecule has 0 unspecified atom stereocenters. The Morgan fingerprint density at radius 3 is 2.55 bits per heavy atom. The number of rotatable bonds is 5. The van der Waals surface area contributed by atoms with E-state index in [1.54, 1.807) is 4.57 Å². The zero-order chi connectivity index (χ0) is 23.6. The zero-order valence-electron chi connectivity index (χ0n) is 16.6. The number of halogens is 3. The Balaban J connectivity index is 0.000000821. The highest BCUT2D eigenvalue weighted by Crippen LogP contribution is 2.31. The van der Waals surface area contributed by atoms with Gasteiger partial charge in [-0.25, -0.2) is 4.98 Å². The summed E-state index contributed by atoms with van der Waals surface area (Å²) in [5.74, 6) is -0.0352. The van der Waals surface area contributed by atoms with E-state index < -0.39 is 17.7 Å². The third kappa shape index (κ3) is 4.95. The molecule has 0 bridgehead atoms. The Morgan fingerprint density at radius 1 is 1.15 bits per heavy atom. The van der Waals surface area contributed by atoms with Crippen LogP contribution in [0.4, 0.5) is 25.1 Å². The van der Waals surface area contributed by atoms with Gasteiger partial charge in [-0.3, -0.25) is 5.32 Å². The van der Waals surface area contributed by atoms with Crippen molar-refractivity contribution in [1.29, 1.82) is 0 Å². The van der Waals surface area contributed by atoms with Gasteiger partial charge in [0.25, 0.3) is 0 Å². The molecule has 33 heavy (non-hydrogen) atoms. The van der Waals surface area contributed by atoms with E-state index in [1.807, 2.05) is 24.3 Å². The first-order chi connectivity index (χ1) is 15.7.